The van der Waals surface area contributed by atoms with E-state index in [1.807, 2.05) is 0 Å². The normalized spacial score (nSPS) is 21.8. The molecule has 42 heavy (non-hydrogen) atoms. The molecule has 1 saturated carbocycles. The molecule has 0 unspecified atom stereocenters. The highest BCUT2D eigenvalue weighted by atomic mass is 32.2. The number of fused-ring (bicyclic) bond motifs is 2. The fourth-order valence-corrected chi connectivity index (χ4v) is 5.92. The number of halogens is 3. The quantitative estimate of drug-likeness (QED) is 0.330. The highest BCUT2D eigenvalue weighted by Crippen LogP contribution is 2.38. The molecule has 0 radical (unpaired) electrons. The molecule has 12 nitrogen and oxygen atoms in total. The monoisotopic (exact) mass is 609 g/mol. The van der Waals surface area contributed by atoms with Gasteiger partial charge in [-0.25, -0.2) is 17.9 Å². The number of alkyl halides is 3. The van der Waals surface area contributed by atoms with Crippen LogP contribution in [0.25, 0.3) is 16.9 Å². The number of aliphatic hydroxyl groups is 1. The van der Waals surface area contributed by atoms with Gasteiger partial charge in [0.2, 0.25) is 10.0 Å². The van der Waals surface area contributed by atoms with Gasteiger partial charge in [-0.2, -0.15) is 13.2 Å². The molecule has 0 spiro atoms. The summed E-state index contributed by atoms with van der Waals surface area (Å²) in [4.78, 5) is 31.4. The summed E-state index contributed by atoms with van der Waals surface area (Å²) < 4.78 is 68.2. The molecule has 3 aromatic rings. The van der Waals surface area contributed by atoms with Crippen LogP contribution in [-0.2, 0) is 16.6 Å². The number of nitrogens with two attached hydrogens (primary N) is 1. The van der Waals surface area contributed by atoms with Gasteiger partial charge in [0.25, 0.3) is 11.8 Å². The van der Waals surface area contributed by atoms with Crippen LogP contribution in [0.15, 0.2) is 24.4 Å². The van der Waals surface area contributed by atoms with Gasteiger partial charge in [-0.1, -0.05) is 0 Å². The lowest BCUT2D eigenvalue weighted by Gasteiger charge is -2.33. The van der Waals surface area contributed by atoms with E-state index in [-0.39, 0.29) is 51.1 Å². The van der Waals surface area contributed by atoms with Crippen LogP contribution >= 0.6 is 0 Å². The van der Waals surface area contributed by atoms with Crippen LogP contribution in [0.5, 0.6) is 0 Å². The highest BCUT2D eigenvalue weighted by Gasteiger charge is 2.46. The molecule has 1 aromatic carbocycles. The molecule has 1 atom stereocenters. The highest BCUT2D eigenvalue weighted by molar-refractivity contribution is 7.92. The van der Waals surface area contributed by atoms with Crippen molar-refractivity contribution in [2.24, 2.45) is 0 Å². The molecule has 1 aliphatic carbocycles. The van der Waals surface area contributed by atoms with E-state index < -0.39 is 46.2 Å². The van der Waals surface area contributed by atoms with Gasteiger partial charge in [-0.15, -0.1) is 5.10 Å². The molecular formula is C26H30F3N7O5S. The van der Waals surface area contributed by atoms with E-state index in [0.29, 0.717) is 30.6 Å². The van der Waals surface area contributed by atoms with Crippen LogP contribution in [0.4, 0.5) is 24.7 Å². The van der Waals surface area contributed by atoms with Crippen LogP contribution in [0.3, 0.4) is 0 Å². The van der Waals surface area contributed by atoms with Gasteiger partial charge in [-0.05, 0) is 63.3 Å². The third-order valence-electron chi connectivity index (χ3n) is 7.71. The summed E-state index contributed by atoms with van der Waals surface area (Å²) in [6.07, 6.45) is -0.147. The zero-order chi connectivity index (χ0) is 30.8. The predicted octanol–water partition coefficient (Wildman–Crippen LogP) is 2.68. The Balaban J connectivity index is 1.53. The van der Waals surface area contributed by atoms with Crippen molar-refractivity contribution in [3.05, 3.63) is 41.1 Å². The summed E-state index contributed by atoms with van der Waals surface area (Å²) in [5.41, 5.74) is 5.75. The summed E-state index contributed by atoms with van der Waals surface area (Å²) in [7, 11) is -3.92. The summed E-state index contributed by atoms with van der Waals surface area (Å²) in [6, 6.07) is 2.01. The number of nitrogens with one attached hydrogen (secondary N) is 2. The number of sulfonamides is 1. The second kappa shape index (κ2) is 10.1. The fourth-order valence-electron chi connectivity index (χ4n) is 5.36. The summed E-state index contributed by atoms with van der Waals surface area (Å²) in [6.45, 7) is 2.21. The summed E-state index contributed by atoms with van der Waals surface area (Å²) in [5, 5.41) is 17.3. The number of hydrogen-bond donors (Lipinski definition) is 4. The van der Waals surface area contributed by atoms with Crippen molar-refractivity contribution in [3.63, 3.8) is 0 Å². The van der Waals surface area contributed by atoms with E-state index in [1.54, 1.807) is 6.92 Å². The van der Waals surface area contributed by atoms with E-state index in [1.165, 1.54) is 28.9 Å². The maximum atomic E-state index is 13.5. The number of anilines is 2. The van der Waals surface area contributed by atoms with Gasteiger partial charge >= 0.3 is 6.18 Å². The molecule has 0 saturated heterocycles. The molecule has 2 amide bonds. The average Bonchev–Trinajstić information content (AvgIpc) is 3.38. The van der Waals surface area contributed by atoms with E-state index >= 15 is 0 Å². The molecule has 226 valence electrons. The third-order valence-corrected chi connectivity index (χ3v) is 8.30. The standard InChI is InChI=1S/C26H30F3N7O5S/c1-13(26(27,28)29)35-12-15-10-14(11-18(19(15)24(35)38)34-42(3,40)41)17-6-9-36-22(32-17)20(21(30)33-36)23(37)31-16-4-7-25(2,39)8-5-16/h6,9-11,13,16,34,39H,4-5,7-8,12H2,1-3H3,(H2,30,33)(H,31,37)/t13-,16-,25+/m0/s1. The maximum absolute atomic E-state index is 13.5. The van der Waals surface area contributed by atoms with Gasteiger partial charge in [-0.3, -0.25) is 14.3 Å². The van der Waals surface area contributed by atoms with E-state index in [9.17, 15) is 36.3 Å². The lowest BCUT2D eigenvalue weighted by Crippen LogP contribution is -2.43. The van der Waals surface area contributed by atoms with Crippen molar-refractivity contribution in [3.8, 4) is 11.3 Å². The number of benzene rings is 1. The first-order chi connectivity index (χ1) is 19.4. The van der Waals surface area contributed by atoms with Crippen LogP contribution < -0.4 is 15.8 Å². The van der Waals surface area contributed by atoms with E-state index in [4.69, 9.17) is 5.73 Å². The number of carbonyl (C=O) groups excluding carboxylic acids is 2. The van der Waals surface area contributed by atoms with Crippen LogP contribution in [0.1, 0.15) is 65.8 Å². The molecule has 1 aliphatic heterocycles. The van der Waals surface area contributed by atoms with Crippen LogP contribution in [0, 0.1) is 0 Å². The van der Waals surface area contributed by atoms with E-state index in [0.717, 1.165) is 13.2 Å². The lowest BCUT2D eigenvalue weighted by atomic mass is 9.83. The molecule has 3 heterocycles. The largest absolute Gasteiger partial charge is 0.408 e. The number of rotatable bonds is 6. The van der Waals surface area contributed by atoms with Gasteiger partial charge in [0.1, 0.15) is 11.6 Å². The Bertz CT molecular complexity index is 1690. The number of amides is 2. The molecule has 2 aromatic heterocycles. The Morgan fingerprint density at radius 1 is 1.26 bits per heavy atom. The first-order valence-electron chi connectivity index (χ1n) is 13.1. The average molecular weight is 610 g/mol. The number of carbonyl (C=O) groups is 2. The summed E-state index contributed by atoms with van der Waals surface area (Å²) >= 11 is 0. The minimum Gasteiger partial charge on any atom is -0.390 e. The number of nitrogens with zero attached hydrogens (tertiary/aromatic N) is 4. The van der Waals surface area contributed by atoms with Crippen molar-refractivity contribution >= 4 is 39.0 Å². The Morgan fingerprint density at radius 3 is 2.55 bits per heavy atom. The first-order valence-corrected chi connectivity index (χ1v) is 15.0. The Morgan fingerprint density at radius 2 is 1.93 bits per heavy atom. The number of aromatic nitrogens is 3. The minimum absolute atomic E-state index is 0.0187. The van der Waals surface area contributed by atoms with Crippen molar-refractivity contribution in [2.75, 3.05) is 16.7 Å². The third kappa shape index (κ3) is 5.72. The molecule has 16 heteroatoms. The maximum Gasteiger partial charge on any atom is 0.408 e. The van der Waals surface area contributed by atoms with Gasteiger partial charge in [0.15, 0.2) is 11.5 Å². The molecule has 5 N–H and O–H groups in total. The second-order valence-corrected chi connectivity index (χ2v) is 12.9. The Hall–Kier alpha value is -3.92. The molecule has 2 aliphatic rings. The second-order valence-electron chi connectivity index (χ2n) is 11.2. The first kappa shape index (κ1) is 29.6. The van der Waals surface area contributed by atoms with E-state index in [2.05, 4.69) is 20.1 Å². The zero-order valence-corrected chi connectivity index (χ0v) is 23.8. The zero-order valence-electron chi connectivity index (χ0n) is 23.0. The molecular weight excluding hydrogens is 579 g/mol. The van der Waals surface area contributed by atoms with Crippen molar-refractivity contribution in [1.82, 2.24) is 24.8 Å². The number of hydrogen-bond acceptors (Lipinski definition) is 8. The molecule has 0 bridgehead atoms. The fraction of sp³-hybridized carbons (Fsp3) is 0.462. The lowest BCUT2D eigenvalue weighted by molar-refractivity contribution is -0.172. The van der Waals surface area contributed by atoms with Gasteiger partial charge in [0.05, 0.1) is 28.8 Å². The van der Waals surface area contributed by atoms with Gasteiger partial charge in [0, 0.05) is 24.3 Å². The van der Waals surface area contributed by atoms with Crippen LogP contribution in [0.2, 0.25) is 0 Å². The Labute approximate surface area is 239 Å². The van der Waals surface area contributed by atoms with Gasteiger partial charge < -0.3 is 21.1 Å². The predicted molar refractivity (Wildman–Crippen MR) is 147 cm³/mol. The van der Waals surface area contributed by atoms with Crippen molar-refractivity contribution in [2.45, 2.75) is 69.9 Å². The SMILES string of the molecule is C[C@H](N1Cc2cc(-c3ccn4nc(N)c(C(=O)N[C@H]5CC[C@@](C)(O)CC5)c4n3)cc(NS(C)(=O)=O)c2C1=O)C(F)(F)F. The smallest absolute Gasteiger partial charge is 0.390 e. The molecule has 5 rings (SSSR count). The summed E-state index contributed by atoms with van der Waals surface area (Å²) in [5.74, 6) is -1.53. The van der Waals surface area contributed by atoms with Crippen LogP contribution in [-0.4, -0.2) is 75.0 Å². The van der Waals surface area contributed by atoms with Crippen molar-refractivity contribution in [1.29, 1.82) is 0 Å². The minimum atomic E-state index is -4.69. The van der Waals surface area contributed by atoms with Crippen molar-refractivity contribution < 1.29 is 36.3 Å². The topological polar surface area (TPSA) is 172 Å². The molecule has 1 fully saturated rings. The Kier molecular flexibility index (Phi) is 7.12. The number of nitrogen functional groups attached to an aromatic ring is 1.